The number of carbonyl (C=O) groups is 3. The Morgan fingerprint density at radius 3 is 2.82 bits per heavy atom. The lowest BCUT2D eigenvalue weighted by molar-refractivity contribution is -0.133. The van der Waals surface area contributed by atoms with Crippen LogP contribution in [-0.4, -0.2) is 60.7 Å². The molecule has 0 saturated carbocycles. The van der Waals surface area contributed by atoms with Crippen LogP contribution >= 0.6 is 11.3 Å². The molecular formula is C14H20N4O3S. The van der Waals surface area contributed by atoms with Crippen LogP contribution in [0.1, 0.15) is 23.2 Å². The van der Waals surface area contributed by atoms with Crippen LogP contribution in [0.3, 0.4) is 0 Å². The Morgan fingerprint density at radius 2 is 2.18 bits per heavy atom. The molecule has 7 nitrogen and oxygen atoms in total. The van der Waals surface area contributed by atoms with Crippen molar-refractivity contribution in [2.75, 3.05) is 32.5 Å². The van der Waals surface area contributed by atoms with Crippen molar-refractivity contribution in [1.29, 1.82) is 0 Å². The molecule has 1 aliphatic rings. The molecule has 120 valence electrons. The summed E-state index contributed by atoms with van der Waals surface area (Å²) in [6.45, 7) is 0.838. The second-order valence-electron chi connectivity index (χ2n) is 5.44. The zero-order chi connectivity index (χ0) is 16.3. The summed E-state index contributed by atoms with van der Waals surface area (Å²) in [5, 5.41) is 4.85. The number of thiophene rings is 1. The summed E-state index contributed by atoms with van der Waals surface area (Å²) in [4.78, 5) is 38.9. The summed E-state index contributed by atoms with van der Waals surface area (Å²) < 4.78 is 0. The number of likely N-dealkylation sites (tertiary alicyclic amines) is 1. The molecule has 3 N–H and O–H groups in total. The Labute approximate surface area is 133 Å². The number of anilines is 1. The van der Waals surface area contributed by atoms with E-state index in [0.29, 0.717) is 17.1 Å². The standard InChI is InChI=1S/C14H20N4O3S/c1-17(2)14(21)10-4-3-6-18(10)8-11(19)16-13-9(12(15)20)5-7-22-13/h5,7,10H,3-4,6,8H2,1-2H3,(H2,15,20)(H,16,19)/t10-/m0/s1. The van der Waals surface area contributed by atoms with Crippen LogP contribution in [0.15, 0.2) is 11.4 Å². The van der Waals surface area contributed by atoms with Crippen LogP contribution < -0.4 is 11.1 Å². The monoisotopic (exact) mass is 324 g/mol. The van der Waals surface area contributed by atoms with Gasteiger partial charge in [-0.05, 0) is 30.8 Å². The van der Waals surface area contributed by atoms with Gasteiger partial charge in [0.05, 0.1) is 18.2 Å². The molecule has 0 aliphatic carbocycles. The zero-order valence-electron chi connectivity index (χ0n) is 12.7. The van der Waals surface area contributed by atoms with Crippen molar-refractivity contribution in [2.24, 2.45) is 5.73 Å². The van der Waals surface area contributed by atoms with Gasteiger partial charge in [-0.1, -0.05) is 0 Å². The first kappa shape index (κ1) is 16.4. The minimum Gasteiger partial charge on any atom is -0.366 e. The second kappa shape index (κ2) is 6.89. The third-order valence-corrected chi connectivity index (χ3v) is 4.45. The molecular weight excluding hydrogens is 304 g/mol. The predicted molar refractivity (Wildman–Crippen MR) is 84.8 cm³/mol. The Morgan fingerprint density at radius 1 is 1.45 bits per heavy atom. The van der Waals surface area contributed by atoms with Gasteiger partial charge in [0.2, 0.25) is 11.8 Å². The van der Waals surface area contributed by atoms with Crippen molar-refractivity contribution >= 4 is 34.1 Å². The SMILES string of the molecule is CN(C)C(=O)[C@@H]1CCCN1CC(=O)Nc1sccc1C(N)=O. The topological polar surface area (TPSA) is 95.7 Å². The minimum absolute atomic E-state index is 0.0132. The number of hydrogen-bond acceptors (Lipinski definition) is 5. The Balaban J connectivity index is 1.98. The summed E-state index contributed by atoms with van der Waals surface area (Å²) in [6.07, 6.45) is 1.65. The first-order valence-electron chi connectivity index (χ1n) is 7.02. The highest BCUT2D eigenvalue weighted by Gasteiger charge is 2.32. The number of carbonyl (C=O) groups excluding carboxylic acids is 3. The number of amides is 3. The van der Waals surface area contributed by atoms with Crippen molar-refractivity contribution in [3.8, 4) is 0 Å². The third-order valence-electron chi connectivity index (χ3n) is 3.62. The molecule has 0 unspecified atom stereocenters. The molecule has 0 bridgehead atoms. The largest absolute Gasteiger partial charge is 0.366 e. The average molecular weight is 324 g/mol. The summed E-state index contributed by atoms with van der Waals surface area (Å²) in [7, 11) is 3.42. The van der Waals surface area contributed by atoms with E-state index >= 15 is 0 Å². The molecule has 1 atom stereocenters. The molecule has 1 fully saturated rings. The molecule has 0 radical (unpaired) electrons. The summed E-state index contributed by atoms with van der Waals surface area (Å²) in [6, 6.07) is 1.33. The van der Waals surface area contributed by atoms with E-state index in [1.165, 1.54) is 11.3 Å². The molecule has 1 saturated heterocycles. The maximum Gasteiger partial charge on any atom is 0.251 e. The van der Waals surface area contributed by atoms with E-state index in [0.717, 1.165) is 12.8 Å². The van der Waals surface area contributed by atoms with Gasteiger partial charge in [-0.25, -0.2) is 0 Å². The van der Waals surface area contributed by atoms with Gasteiger partial charge in [-0.2, -0.15) is 0 Å². The number of nitrogens with one attached hydrogen (secondary N) is 1. The van der Waals surface area contributed by atoms with Gasteiger partial charge in [0.25, 0.3) is 5.91 Å². The quantitative estimate of drug-likeness (QED) is 0.816. The third kappa shape index (κ3) is 3.63. The van der Waals surface area contributed by atoms with Gasteiger partial charge in [0.1, 0.15) is 5.00 Å². The smallest absolute Gasteiger partial charge is 0.251 e. The second-order valence-corrected chi connectivity index (χ2v) is 6.35. The molecule has 2 rings (SSSR count). The highest BCUT2D eigenvalue weighted by molar-refractivity contribution is 7.14. The molecule has 1 aliphatic heterocycles. The number of hydrogen-bond donors (Lipinski definition) is 2. The average Bonchev–Trinajstić information content (AvgIpc) is 3.06. The summed E-state index contributed by atoms with van der Waals surface area (Å²) >= 11 is 1.25. The van der Waals surface area contributed by atoms with Crippen molar-refractivity contribution in [3.63, 3.8) is 0 Å². The van der Waals surface area contributed by atoms with Crippen LogP contribution in [0.2, 0.25) is 0 Å². The van der Waals surface area contributed by atoms with Crippen LogP contribution in [0.25, 0.3) is 0 Å². The van der Waals surface area contributed by atoms with Gasteiger partial charge in [0.15, 0.2) is 0 Å². The maximum atomic E-state index is 12.2. The van der Waals surface area contributed by atoms with E-state index in [1.807, 2.05) is 4.90 Å². The van der Waals surface area contributed by atoms with Crippen molar-refractivity contribution in [3.05, 3.63) is 17.0 Å². The first-order valence-corrected chi connectivity index (χ1v) is 7.90. The number of nitrogens with two attached hydrogens (primary N) is 1. The normalized spacial score (nSPS) is 18.2. The summed E-state index contributed by atoms with van der Waals surface area (Å²) in [5.41, 5.74) is 5.56. The number of primary amides is 1. The van der Waals surface area contributed by atoms with E-state index in [4.69, 9.17) is 5.73 Å². The van der Waals surface area contributed by atoms with Crippen molar-refractivity contribution in [1.82, 2.24) is 9.80 Å². The fourth-order valence-electron chi connectivity index (χ4n) is 2.54. The molecule has 22 heavy (non-hydrogen) atoms. The van der Waals surface area contributed by atoms with Crippen LogP contribution in [-0.2, 0) is 9.59 Å². The lowest BCUT2D eigenvalue weighted by Gasteiger charge is -2.25. The Hall–Kier alpha value is -1.93. The van der Waals surface area contributed by atoms with Crippen LogP contribution in [0, 0.1) is 0 Å². The van der Waals surface area contributed by atoms with Gasteiger partial charge in [-0.15, -0.1) is 11.3 Å². The van der Waals surface area contributed by atoms with E-state index in [-0.39, 0.29) is 24.4 Å². The highest BCUT2D eigenvalue weighted by Crippen LogP contribution is 2.23. The summed E-state index contributed by atoms with van der Waals surface area (Å²) in [5.74, 6) is -0.805. The van der Waals surface area contributed by atoms with E-state index < -0.39 is 5.91 Å². The minimum atomic E-state index is -0.571. The lowest BCUT2D eigenvalue weighted by Crippen LogP contribution is -2.45. The molecule has 1 aromatic heterocycles. The van der Waals surface area contributed by atoms with Gasteiger partial charge >= 0.3 is 0 Å². The number of likely N-dealkylation sites (N-methyl/N-ethyl adjacent to an activating group) is 1. The highest BCUT2D eigenvalue weighted by atomic mass is 32.1. The molecule has 8 heteroatoms. The fourth-order valence-corrected chi connectivity index (χ4v) is 3.35. The van der Waals surface area contributed by atoms with Crippen LogP contribution in [0.5, 0.6) is 0 Å². The first-order chi connectivity index (χ1) is 10.4. The Bertz CT molecular complexity index is 584. The molecule has 1 aromatic rings. The van der Waals surface area contributed by atoms with Crippen molar-refractivity contribution in [2.45, 2.75) is 18.9 Å². The van der Waals surface area contributed by atoms with Gasteiger partial charge in [0, 0.05) is 14.1 Å². The lowest BCUT2D eigenvalue weighted by atomic mass is 10.2. The van der Waals surface area contributed by atoms with Crippen LogP contribution in [0.4, 0.5) is 5.00 Å². The molecule has 2 heterocycles. The number of rotatable bonds is 5. The van der Waals surface area contributed by atoms with Crippen molar-refractivity contribution < 1.29 is 14.4 Å². The fraction of sp³-hybridized carbons (Fsp3) is 0.500. The van der Waals surface area contributed by atoms with E-state index in [2.05, 4.69) is 5.32 Å². The van der Waals surface area contributed by atoms with Gasteiger partial charge in [-0.3, -0.25) is 19.3 Å². The zero-order valence-corrected chi connectivity index (χ0v) is 13.5. The van der Waals surface area contributed by atoms with Gasteiger partial charge < -0.3 is 16.0 Å². The molecule has 0 aromatic carbocycles. The van der Waals surface area contributed by atoms with E-state index in [9.17, 15) is 14.4 Å². The predicted octanol–water partition coefficient (Wildman–Crippen LogP) is 0.338. The maximum absolute atomic E-state index is 12.2. The molecule has 3 amide bonds. The van der Waals surface area contributed by atoms with E-state index in [1.54, 1.807) is 30.4 Å². The Kier molecular flexibility index (Phi) is 5.15. The number of nitrogens with zero attached hydrogens (tertiary/aromatic N) is 2. The molecule has 0 spiro atoms.